The average molecular weight is 267 g/mol. The van der Waals surface area contributed by atoms with Crippen molar-refractivity contribution in [3.8, 4) is 11.3 Å². The molecule has 0 aliphatic rings. The molecule has 2 aromatic heterocycles. The van der Waals surface area contributed by atoms with Crippen LogP contribution in [0.2, 0.25) is 0 Å². The van der Waals surface area contributed by atoms with Crippen molar-refractivity contribution in [1.82, 2.24) is 14.6 Å². The summed E-state index contributed by atoms with van der Waals surface area (Å²) >= 11 is 0. The third kappa shape index (κ3) is 1.93. The zero-order valence-corrected chi connectivity index (χ0v) is 11.2. The first-order valence-electron chi connectivity index (χ1n) is 6.22. The highest BCUT2D eigenvalue weighted by atomic mass is 16.4. The maximum absolute atomic E-state index is 11.2. The molecule has 2 heterocycles. The van der Waals surface area contributed by atoms with Crippen LogP contribution in [0.5, 0.6) is 0 Å². The maximum Gasteiger partial charge on any atom is 0.341 e. The summed E-state index contributed by atoms with van der Waals surface area (Å²) < 4.78 is 1.57. The molecule has 0 aliphatic heterocycles. The quantitative estimate of drug-likeness (QED) is 0.775. The number of carboxylic acids is 1. The fourth-order valence-electron chi connectivity index (χ4n) is 2.25. The summed E-state index contributed by atoms with van der Waals surface area (Å²) in [5, 5.41) is 13.3. The third-order valence-corrected chi connectivity index (χ3v) is 3.14. The Morgan fingerprint density at radius 1 is 1.25 bits per heavy atom. The van der Waals surface area contributed by atoms with Crippen molar-refractivity contribution in [2.75, 3.05) is 0 Å². The second-order valence-electron chi connectivity index (χ2n) is 4.75. The van der Waals surface area contributed by atoms with Gasteiger partial charge in [-0.05, 0) is 26.0 Å². The Morgan fingerprint density at radius 2 is 2.05 bits per heavy atom. The van der Waals surface area contributed by atoms with Gasteiger partial charge in [-0.1, -0.05) is 23.8 Å². The van der Waals surface area contributed by atoms with E-state index >= 15 is 0 Å². The van der Waals surface area contributed by atoms with Crippen molar-refractivity contribution in [3.63, 3.8) is 0 Å². The summed E-state index contributed by atoms with van der Waals surface area (Å²) in [5.74, 6) is -1.02. The minimum Gasteiger partial charge on any atom is -0.477 e. The smallest absolute Gasteiger partial charge is 0.341 e. The Kier molecular flexibility index (Phi) is 2.75. The molecule has 1 N–H and O–H groups in total. The van der Waals surface area contributed by atoms with Gasteiger partial charge in [0, 0.05) is 11.3 Å². The summed E-state index contributed by atoms with van der Waals surface area (Å²) in [6.07, 6.45) is 1.34. The third-order valence-electron chi connectivity index (χ3n) is 3.14. The van der Waals surface area contributed by atoms with Gasteiger partial charge in [0.2, 0.25) is 0 Å². The molecule has 0 saturated carbocycles. The molecule has 0 unspecified atom stereocenters. The number of fused-ring (bicyclic) bond motifs is 1. The number of carboxylic acid groups (broad SMARTS) is 1. The molecule has 100 valence electrons. The monoisotopic (exact) mass is 267 g/mol. The van der Waals surface area contributed by atoms with Crippen LogP contribution in [0.4, 0.5) is 0 Å². The van der Waals surface area contributed by atoms with E-state index in [9.17, 15) is 9.90 Å². The highest BCUT2D eigenvalue weighted by molar-refractivity contribution is 5.94. The molecule has 20 heavy (non-hydrogen) atoms. The van der Waals surface area contributed by atoms with Crippen LogP contribution in [0.1, 0.15) is 21.6 Å². The largest absolute Gasteiger partial charge is 0.477 e. The summed E-state index contributed by atoms with van der Waals surface area (Å²) in [6.45, 7) is 3.86. The van der Waals surface area contributed by atoms with E-state index in [1.165, 1.54) is 6.20 Å². The minimum absolute atomic E-state index is 0.114. The van der Waals surface area contributed by atoms with Gasteiger partial charge in [0.05, 0.1) is 11.9 Å². The van der Waals surface area contributed by atoms with Crippen LogP contribution in [-0.2, 0) is 0 Å². The van der Waals surface area contributed by atoms with E-state index in [0.29, 0.717) is 5.65 Å². The Labute approximate surface area is 115 Å². The summed E-state index contributed by atoms with van der Waals surface area (Å²) in [4.78, 5) is 15.5. The molecule has 0 aliphatic carbocycles. The second-order valence-corrected chi connectivity index (χ2v) is 4.75. The number of nitrogens with zero attached hydrogens (tertiary/aromatic N) is 3. The highest BCUT2D eigenvalue weighted by Crippen LogP contribution is 2.23. The molecule has 0 bridgehead atoms. The number of hydrogen-bond acceptors (Lipinski definition) is 3. The number of benzene rings is 1. The van der Waals surface area contributed by atoms with Gasteiger partial charge in [-0.25, -0.2) is 14.3 Å². The van der Waals surface area contributed by atoms with Gasteiger partial charge in [0.1, 0.15) is 5.56 Å². The summed E-state index contributed by atoms with van der Waals surface area (Å²) in [6, 6.07) is 9.90. The van der Waals surface area contributed by atoms with E-state index < -0.39 is 5.97 Å². The number of aryl methyl sites for hydroxylation is 2. The van der Waals surface area contributed by atoms with Gasteiger partial charge < -0.3 is 5.11 Å². The topological polar surface area (TPSA) is 67.5 Å². The number of aromatic nitrogens is 3. The SMILES string of the molecule is Cc1cccc(-c2cc(C)nc3c(C(=O)O)cnn23)c1. The molecule has 0 atom stereocenters. The van der Waals surface area contributed by atoms with Crippen LogP contribution in [0.3, 0.4) is 0 Å². The molecule has 0 fully saturated rings. The Hall–Kier alpha value is -2.69. The molecule has 0 spiro atoms. The number of rotatable bonds is 2. The summed E-state index contributed by atoms with van der Waals surface area (Å²) in [7, 11) is 0. The van der Waals surface area contributed by atoms with E-state index in [4.69, 9.17) is 0 Å². The van der Waals surface area contributed by atoms with E-state index in [0.717, 1.165) is 22.5 Å². The Bertz CT molecular complexity index is 821. The lowest BCUT2D eigenvalue weighted by Crippen LogP contribution is -2.01. The lowest BCUT2D eigenvalue weighted by molar-refractivity contribution is 0.0699. The van der Waals surface area contributed by atoms with Crippen molar-refractivity contribution >= 4 is 11.6 Å². The maximum atomic E-state index is 11.2. The molecule has 0 saturated heterocycles. The molecule has 0 radical (unpaired) electrons. The van der Waals surface area contributed by atoms with Crippen molar-refractivity contribution in [1.29, 1.82) is 0 Å². The molecule has 1 aromatic carbocycles. The van der Waals surface area contributed by atoms with Gasteiger partial charge in [-0.15, -0.1) is 0 Å². The van der Waals surface area contributed by atoms with Crippen molar-refractivity contribution < 1.29 is 9.90 Å². The highest BCUT2D eigenvalue weighted by Gasteiger charge is 2.16. The Balaban J connectivity index is 2.34. The predicted molar refractivity (Wildman–Crippen MR) is 74.9 cm³/mol. The van der Waals surface area contributed by atoms with Crippen LogP contribution in [0.25, 0.3) is 16.9 Å². The predicted octanol–water partition coefficient (Wildman–Crippen LogP) is 2.71. The van der Waals surface area contributed by atoms with E-state index in [-0.39, 0.29) is 5.56 Å². The summed E-state index contributed by atoms with van der Waals surface area (Å²) in [5.41, 5.74) is 4.20. The fraction of sp³-hybridized carbons (Fsp3) is 0.133. The molecule has 5 heteroatoms. The normalized spacial score (nSPS) is 10.9. The van der Waals surface area contributed by atoms with Gasteiger partial charge in [0.15, 0.2) is 5.65 Å². The van der Waals surface area contributed by atoms with Crippen molar-refractivity contribution in [2.45, 2.75) is 13.8 Å². The Morgan fingerprint density at radius 3 is 2.75 bits per heavy atom. The standard InChI is InChI=1S/C15H13N3O2/c1-9-4-3-5-11(6-9)13-7-10(2)17-14-12(15(19)20)8-16-18(13)14/h3-8H,1-2H3,(H,19,20). The molecular weight excluding hydrogens is 254 g/mol. The van der Waals surface area contributed by atoms with E-state index in [1.807, 2.05) is 44.2 Å². The first kappa shape index (κ1) is 12.3. The van der Waals surface area contributed by atoms with Gasteiger partial charge >= 0.3 is 5.97 Å². The first-order chi connectivity index (χ1) is 9.56. The van der Waals surface area contributed by atoms with E-state index in [2.05, 4.69) is 10.1 Å². The lowest BCUT2D eigenvalue weighted by atomic mass is 10.1. The first-order valence-corrected chi connectivity index (χ1v) is 6.22. The van der Waals surface area contributed by atoms with Gasteiger partial charge in [-0.2, -0.15) is 5.10 Å². The lowest BCUT2D eigenvalue weighted by Gasteiger charge is -2.07. The van der Waals surface area contributed by atoms with Crippen molar-refractivity contribution in [3.05, 3.63) is 53.3 Å². The van der Waals surface area contributed by atoms with Crippen LogP contribution in [0.15, 0.2) is 36.5 Å². The fourth-order valence-corrected chi connectivity index (χ4v) is 2.25. The number of aromatic carboxylic acids is 1. The molecule has 3 aromatic rings. The van der Waals surface area contributed by atoms with Crippen LogP contribution in [-0.4, -0.2) is 25.7 Å². The molecular formula is C15H13N3O2. The van der Waals surface area contributed by atoms with Crippen LogP contribution < -0.4 is 0 Å². The zero-order valence-electron chi connectivity index (χ0n) is 11.2. The zero-order chi connectivity index (χ0) is 14.3. The molecule has 5 nitrogen and oxygen atoms in total. The van der Waals surface area contributed by atoms with Crippen LogP contribution >= 0.6 is 0 Å². The minimum atomic E-state index is -1.02. The average Bonchev–Trinajstić information content (AvgIpc) is 2.81. The molecule has 0 amide bonds. The second kappa shape index (κ2) is 4.45. The van der Waals surface area contributed by atoms with E-state index in [1.54, 1.807) is 4.52 Å². The number of carbonyl (C=O) groups is 1. The van der Waals surface area contributed by atoms with Gasteiger partial charge in [-0.3, -0.25) is 0 Å². The number of hydrogen-bond donors (Lipinski definition) is 1. The van der Waals surface area contributed by atoms with Gasteiger partial charge in [0.25, 0.3) is 0 Å². The van der Waals surface area contributed by atoms with Crippen LogP contribution in [0, 0.1) is 13.8 Å². The van der Waals surface area contributed by atoms with Crippen molar-refractivity contribution in [2.24, 2.45) is 0 Å². The molecule has 3 rings (SSSR count).